The first-order chi connectivity index (χ1) is 10.8. The number of hydrogen-bond acceptors (Lipinski definition) is 3. The first kappa shape index (κ1) is 14.3. The quantitative estimate of drug-likeness (QED) is 0.518. The van der Waals surface area contributed by atoms with E-state index in [4.69, 9.17) is 11.8 Å². The van der Waals surface area contributed by atoms with Crippen LogP contribution in [0.15, 0.2) is 77.5 Å². The molecule has 3 heterocycles. The number of hydrogen-bond donors (Lipinski definition) is 0. The van der Waals surface area contributed by atoms with E-state index < -0.39 is 6.04 Å². The summed E-state index contributed by atoms with van der Waals surface area (Å²) in [5.74, 6) is 0. The molecule has 1 aliphatic heterocycles. The van der Waals surface area contributed by atoms with Crippen molar-refractivity contribution in [1.82, 2.24) is 0 Å². The fourth-order valence-corrected chi connectivity index (χ4v) is 9.59. The molecule has 3 aromatic rings. The van der Waals surface area contributed by atoms with Crippen molar-refractivity contribution in [3.63, 3.8) is 0 Å². The summed E-state index contributed by atoms with van der Waals surface area (Å²) in [5.41, 5.74) is 0. The molecule has 0 fully saturated rings. The Hall–Kier alpha value is -1.25. The molecule has 0 N–H and O–H groups in total. The van der Waals surface area contributed by atoms with Crippen molar-refractivity contribution >= 4 is 56.5 Å². The van der Waals surface area contributed by atoms with Crippen LogP contribution in [0.3, 0.4) is 0 Å². The van der Waals surface area contributed by atoms with Crippen LogP contribution in [0.2, 0.25) is 0 Å². The zero-order valence-electron chi connectivity index (χ0n) is 11.7. The Morgan fingerprint density at radius 3 is 1.68 bits per heavy atom. The molecule has 0 bridgehead atoms. The second kappa shape index (κ2) is 5.75. The molecule has 0 atom stereocenters. The van der Waals surface area contributed by atoms with Crippen molar-refractivity contribution in [2.24, 2.45) is 0 Å². The van der Waals surface area contributed by atoms with Gasteiger partial charge in [-0.2, -0.15) is 0 Å². The summed E-state index contributed by atoms with van der Waals surface area (Å²) in [6.07, 6.45) is 4.49. The van der Waals surface area contributed by atoms with Crippen molar-refractivity contribution in [3.8, 4) is 0 Å². The Labute approximate surface area is 143 Å². The molecular weight excluding hydrogens is 343 g/mol. The highest BCUT2D eigenvalue weighted by Crippen LogP contribution is 2.71. The Balaban J connectivity index is 1.92. The number of benzene rings is 1. The molecule has 0 unspecified atom stereocenters. The van der Waals surface area contributed by atoms with Gasteiger partial charge >= 0.3 is 0 Å². The largest absolute Gasteiger partial charge is 0.144 e. The number of thiophene rings is 2. The maximum Gasteiger partial charge on any atom is 0.0407 e. The van der Waals surface area contributed by atoms with Gasteiger partial charge in [-0.1, -0.05) is 66.4 Å². The molecule has 108 valence electrons. The summed E-state index contributed by atoms with van der Waals surface area (Å²) in [7, 11) is 0. The Kier molecular flexibility index (Phi) is 3.75. The molecule has 0 saturated carbocycles. The Morgan fingerprint density at radius 1 is 0.682 bits per heavy atom. The third-order valence-corrected chi connectivity index (χ3v) is 10.8. The first-order valence-corrected chi connectivity index (χ1v) is 11.5. The fraction of sp³-hybridized carbons (Fsp3) is 0. The third kappa shape index (κ3) is 2.21. The normalized spacial score (nSPS) is 16.4. The first-order valence-electron chi connectivity index (χ1n) is 6.97. The molecule has 4 heteroatoms. The van der Waals surface area contributed by atoms with Crippen LogP contribution in [-0.4, -0.2) is 0 Å². The average molecular weight is 356 g/mol. The van der Waals surface area contributed by atoms with Crippen molar-refractivity contribution < 1.29 is 0 Å². The molecule has 0 spiro atoms. The summed E-state index contributed by atoms with van der Waals surface area (Å²) >= 11 is 9.92. The van der Waals surface area contributed by atoms with Gasteiger partial charge in [-0.3, -0.25) is 0 Å². The van der Waals surface area contributed by atoms with Crippen LogP contribution in [-0.2, 0) is 11.8 Å². The second-order valence-electron chi connectivity index (χ2n) is 5.00. The van der Waals surface area contributed by atoms with Gasteiger partial charge in [0.1, 0.15) is 0 Å². The van der Waals surface area contributed by atoms with Crippen molar-refractivity contribution in [2.75, 3.05) is 0 Å². The summed E-state index contributed by atoms with van der Waals surface area (Å²) in [6.45, 7) is 0. The molecule has 0 amide bonds. The molecule has 0 nitrogen and oxygen atoms in total. The monoisotopic (exact) mass is 356 g/mol. The predicted molar refractivity (Wildman–Crippen MR) is 105 cm³/mol. The topological polar surface area (TPSA) is 0 Å². The van der Waals surface area contributed by atoms with Crippen LogP contribution in [0, 0.1) is 0 Å². The summed E-state index contributed by atoms with van der Waals surface area (Å²) in [5, 5.41) is 8.19. The summed E-state index contributed by atoms with van der Waals surface area (Å²) < 4.78 is 0. The van der Waals surface area contributed by atoms with Gasteiger partial charge in [0.15, 0.2) is 0 Å². The lowest BCUT2D eigenvalue weighted by molar-refractivity contribution is 1.77. The zero-order valence-corrected chi connectivity index (χ0v) is 15.0. The van der Waals surface area contributed by atoms with E-state index in [2.05, 4.69) is 77.5 Å². The smallest absolute Gasteiger partial charge is 0.0407 e. The minimum absolute atomic E-state index is 1.28. The van der Waals surface area contributed by atoms with E-state index in [-0.39, 0.29) is 0 Å². The highest BCUT2D eigenvalue weighted by molar-refractivity contribution is 8.28. The van der Waals surface area contributed by atoms with Crippen LogP contribution in [0.5, 0.6) is 0 Å². The van der Waals surface area contributed by atoms with E-state index in [0.29, 0.717) is 0 Å². The van der Waals surface area contributed by atoms with Gasteiger partial charge in [0.2, 0.25) is 0 Å². The lowest BCUT2D eigenvalue weighted by atomic mass is 10.3. The van der Waals surface area contributed by atoms with Crippen LogP contribution >= 0.6 is 28.7 Å². The van der Waals surface area contributed by atoms with E-state index >= 15 is 0 Å². The van der Waals surface area contributed by atoms with Crippen molar-refractivity contribution in [3.05, 3.63) is 87.3 Å². The third-order valence-electron chi connectivity index (χ3n) is 3.74. The Morgan fingerprint density at radius 2 is 1.23 bits per heavy atom. The zero-order chi connectivity index (χ0) is 15.0. The van der Waals surface area contributed by atoms with E-state index in [1.165, 1.54) is 25.7 Å². The van der Waals surface area contributed by atoms with Gasteiger partial charge in [0.25, 0.3) is 0 Å². The average Bonchev–Trinajstić information content (AvgIpc) is 3.28. The van der Waals surface area contributed by atoms with Gasteiger partial charge in [0, 0.05) is 26.4 Å². The minimum atomic E-state index is -1.94. The van der Waals surface area contributed by atoms with Crippen molar-refractivity contribution in [2.45, 2.75) is 0 Å². The van der Waals surface area contributed by atoms with E-state index in [9.17, 15) is 0 Å². The molecule has 4 rings (SSSR count). The predicted octanol–water partition coefficient (Wildman–Crippen LogP) is 6.01. The van der Waals surface area contributed by atoms with Gasteiger partial charge in [0.05, 0.1) is 0 Å². The van der Waals surface area contributed by atoms with Crippen LogP contribution in [0.25, 0.3) is 10.6 Å². The highest BCUT2D eigenvalue weighted by atomic mass is 32.4. The molecule has 2 aromatic heterocycles. The van der Waals surface area contributed by atoms with E-state index in [1.54, 1.807) is 22.7 Å². The lowest BCUT2D eigenvalue weighted by Gasteiger charge is -2.24. The van der Waals surface area contributed by atoms with Gasteiger partial charge in [-0.15, -0.1) is 22.7 Å². The maximum absolute atomic E-state index is 6.36. The van der Waals surface area contributed by atoms with Gasteiger partial charge < -0.3 is 0 Å². The lowest BCUT2D eigenvalue weighted by Crippen LogP contribution is -2.04. The Bertz CT molecular complexity index is 831. The number of rotatable bonds is 3. The van der Waals surface area contributed by atoms with E-state index in [0.717, 1.165) is 0 Å². The van der Waals surface area contributed by atoms with Crippen LogP contribution < -0.4 is 5.30 Å². The molecule has 1 aliphatic rings. The van der Waals surface area contributed by atoms with Gasteiger partial charge in [-0.25, -0.2) is 0 Å². The molecule has 0 radical (unpaired) electrons. The van der Waals surface area contributed by atoms with Crippen LogP contribution in [0.4, 0.5) is 0 Å². The minimum Gasteiger partial charge on any atom is -0.144 e. The molecule has 22 heavy (non-hydrogen) atoms. The molecular formula is C18H13PS3. The standard InChI is InChI=1S/C18H13PS3/c20-19(14-6-2-1-3-7-14)15(17-8-4-12-21-17)10-11-16(19)18-9-5-13-22-18/h1-13H. The summed E-state index contributed by atoms with van der Waals surface area (Å²) in [4.78, 5) is 2.60. The second-order valence-corrected chi connectivity index (χ2v) is 11.2. The van der Waals surface area contributed by atoms with Gasteiger partial charge in [-0.05, 0) is 28.2 Å². The van der Waals surface area contributed by atoms with Crippen molar-refractivity contribution in [1.29, 1.82) is 0 Å². The maximum atomic E-state index is 6.36. The molecule has 0 saturated heterocycles. The number of allylic oxidation sites excluding steroid dienone is 2. The SMILES string of the molecule is S=P1(c2ccccc2)C(c2cccs2)=CC=C1c1cccs1. The molecule has 1 aromatic carbocycles. The summed E-state index contributed by atoms with van der Waals surface area (Å²) in [6, 6.07) is 17.3. The molecule has 0 aliphatic carbocycles. The fourth-order valence-electron chi connectivity index (χ4n) is 2.74. The van der Waals surface area contributed by atoms with E-state index in [1.807, 2.05) is 0 Å². The highest BCUT2D eigenvalue weighted by Gasteiger charge is 2.34. The van der Waals surface area contributed by atoms with Crippen LogP contribution in [0.1, 0.15) is 9.75 Å².